The van der Waals surface area contributed by atoms with E-state index in [1.165, 1.54) is 7.11 Å². The van der Waals surface area contributed by atoms with Crippen molar-refractivity contribution in [3.63, 3.8) is 0 Å². The molecule has 126 valence electrons. The van der Waals surface area contributed by atoms with E-state index in [4.69, 9.17) is 23.7 Å². The van der Waals surface area contributed by atoms with Gasteiger partial charge in [0.15, 0.2) is 0 Å². The van der Waals surface area contributed by atoms with Crippen LogP contribution in [0.15, 0.2) is 0 Å². The van der Waals surface area contributed by atoms with Crippen LogP contribution in [0.25, 0.3) is 0 Å². The zero-order valence-corrected chi connectivity index (χ0v) is 12.5. The number of methoxy groups -OCH3 is 1. The van der Waals surface area contributed by atoms with Crippen molar-refractivity contribution in [3.05, 3.63) is 0 Å². The first-order chi connectivity index (χ1) is 10.3. The molecule has 0 N–H and O–H groups in total. The minimum absolute atomic E-state index is 0.0667. The standard InChI is InChI=1S/C13H25FO7/c1-16-13(15)12-21-11-10-20-9-8-19-7-6-18-5-4-17-3-2-14/h2-12H2,1H3. The summed E-state index contributed by atoms with van der Waals surface area (Å²) in [7, 11) is 1.31. The van der Waals surface area contributed by atoms with E-state index in [9.17, 15) is 9.18 Å². The highest BCUT2D eigenvalue weighted by Crippen LogP contribution is 1.84. The molecule has 0 bridgehead atoms. The van der Waals surface area contributed by atoms with E-state index in [1.54, 1.807) is 0 Å². The number of halogens is 1. The van der Waals surface area contributed by atoms with Crippen LogP contribution in [-0.4, -0.2) is 85.8 Å². The van der Waals surface area contributed by atoms with Gasteiger partial charge in [0.05, 0.1) is 66.6 Å². The van der Waals surface area contributed by atoms with E-state index in [0.717, 1.165) is 0 Å². The van der Waals surface area contributed by atoms with Gasteiger partial charge in [0.25, 0.3) is 0 Å². The summed E-state index contributed by atoms with van der Waals surface area (Å²) in [6, 6.07) is 0. The lowest BCUT2D eigenvalue weighted by Gasteiger charge is -2.07. The largest absolute Gasteiger partial charge is 0.467 e. The van der Waals surface area contributed by atoms with Crippen molar-refractivity contribution in [2.45, 2.75) is 0 Å². The summed E-state index contributed by atoms with van der Waals surface area (Å²) >= 11 is 0. The molecule has 0 rings (SSSR count). The molecule has 0 aromatic carbocycles. The van der Waals surface area contributed by atoms with Crippen LogP contribution >= 0.6 is 0 Å². The highest BCUT2D eigenvalue weighted by molar-refractivity contribution is 5.70. The fourth-order valence-corrected chi connectivity index (χ4v) is 1.15. The second-order valence-electron chi connectivity index (χ2n) is 3.77. The van der Waals surface area contributed by atoms with Crippen LogP contribution in [0.5, 0.6) is 0 Å². The number of alkyl halides is 1. The van der Waals surface area contributed by atoms with Crippen molar-refractivity contribution in [1.29, 1.82) is 0 Å². The Kier molecular flexibility index (Phi) is 16.6. The Morgan fingerprint density at radius 1 is 0.714 bits per heavy atom. The zero-order valence-electron chi connectivity index (χ0n) is 12.5. The van der Waals surface area contributed by atoms with Gasteiger partial charge in [-0.05, 0) is 0 Å². The summed E-state index contributed by atoms with van der Waals surface area (Å²) in [5, 5.41) is 0. The maximum absolute atomic E-state index is 11.7. The molecule has 0 amide bonds. The highest BCUT2D eigenvalue weighted by atomic mass is 19.1. The Bertz CT molecular complexity index is 229. The lowest BCUT2D eigenvalue weighted by Crippen LogP contribution is -2.15. The predicted molar refractivity (Wildman–Crippen MR) is 72.1 cm³/mol. The van der Waals surface area contributed by atoms with Crippen molar-refractivity contribution >= 4 is 5.97 Å². The molecule has 0 spiro atoms. The molecule has 0 saturated heterocycles. The molecule has 0 radical (unpaired) electrons. The fraction of sp³-hybridized carbons (Fsp3) is 0.923. The number of carbonyl (C=O) groups is 1. The van der Waals surface area contributed by atoms with Crippen molar-refractivity contribution in [3.8, 4) is 0 Å². The van der Waals surface area contributed by atoms with Crippen LogP contribution in [0.1, 0.15) is 0 Å². The van der Waals surface area contributed by atoms with E-state index in [0.29, 0.717) is 52.9 Å². The van der Waals surface area contributed by atoms with Crippen LogP contribution in [0.2, 0.25) is 0 Å². The number of hydrogen-bond donors (Lipinski definition) is 0. The van der Waals surface area contributed by atoms with Crippen molar-refractivity contribution in [2.24, 2.45) is 0 Å². The number of hydrogen-bond acceptors (Lipinski definition) is 7. The van der Waals surface area contributed by atoms with Gasteiger partial charge in [-0.3, -0.25) is 0 Å². The van der Waals surface area contributed by atoms with Gasteiger partial charge < -0.3 is 28.4 Å². The highest BCUT2D eigenvalue weighted by Gasteiger charge is 1.98. The molecule has 0 heterocycles. The second-order valence-corrected chi connectivity index (χ2v) is 3.77. The number of rotatable bonds is 16. The van der Waals surface area contributed by atoms with Gasteiger partial charge >= 0.3 is 5.97 Å². The smallest absolute Gasteiger partial charge is 0.331 e. The summed E-state index contributed by atoms with van der Waals surface area (Å²) in [5.74, 6) is -0.409. The quantitative estimate of drug-likeness (QED) is 0.298. The molecule has 0 aromatic heterocycles. The third-order valence-corrected chi connectivity index (χ3v) is 2.16. The molecule has 8 heteroatoms. The molecule has 0 fully saturated rings. The van der Waals surface area contributed by atoms with Crippen molar-refractivity contribution in [2.75, 3.05) is 79.9 Å². The predicted octanol–water partition coefficient (Wildman–Crippen LogP) is 0.212. The first-order valence-electron chi connectivity index (χ1n) is 6.82. The molecule has 21 heavy (non-hydrogen) atoms. The molecule has 0 aliphatic carbocycles. The van der Waals surface area contributed by atoms with Gasteiger partial charge in [0, 0.05) is 0 Å². The van der Waals surface area contributed by atoms with Crippen molar-refractivity contribution in [1.82, 2.24) is 0 Å². The van der Waals surface area contributed by atoms with E-state index >= 15 is 0 Å². The average molecular weight is 312 g/mol. The molecule has 0 aromatic rings. The Labute approximate surface area is 124 Å². The minimum Gasteiger partial charge on any atom is -0.467 e. The molecule has 0 aliphatic heterocycles. The molecular weight excluding hydrogens is 287 g/mol. The lowest BCUT2D eigenvalue weighted by molar-refractivity contribution is -0.146. The van der Waals surface area contributed by atoms with Gasteiger partial charge in [0.2, 0.25) is 0 Å². The summed E-state index contributed by atoms with van der Waals surface area (Å²) in [4.78, 5) is 10.7. The van der Waals surface area contributed by atoms with Crippen LogP contribution in [0, 0.1) is 0 Å². The summed E-state index contributed by atoms with van der Waals surface area (Å²) in [6.45, 7) is 2.93. The van der Waals surface area contributed by atoms with E-state index < -0.39 is 12.6 Å². The van der Waals surface area contributed by atoms with E-state index in [2.05, 4.69) is 4.74 Å². The monoisotopic (exact) mass is 312 g/mol. The molecule has 0 unspecified atom stereocenters. The Hall–Kier alpha value is -0.800. The zero-order chi connectivity index (χ0) is 15.6. The topological polar surface area (TPSA) is 72.5 Å². The molecular formula is C13H25FO7. The molecule has 7 nitrogen and oxygen atoms in total. The average Bonchev–Trinajstić information content (AvgIpc) is 2.50. The number of esters is 1. The van der Waals surface area contributed by atoms with Gasteiger partial charge in [0.1, 0.15) is 13.3 Å². The molecule has 0 aliphatic rings. The van der Waals surface area contributed by atoms with Crippen molar-refractivity contribution < 1.29 is 37.6 Å². The summed E-state index contributed by atoms with van der Waals surface area (Å²) < 4.78 is 41.6. The normalized spacial score (nSPS) is 10.8. The molecule has 0 atom stereocenters. The van der Waals surface area contributed by atoms with Crippen LogP contribution in [0.3, 0.4) is 0 Å². The first kappa shape index (κ1) is 20.2. The fourth-order valence-electron chi connectivity index (χ4n) is 1.15. The Morgan fingerprint density at radius 2 is 1.10 bits per heavy atom. The lowest BCUT2D eigenvalue weighted by atomic mass is 10.6. The van der Waals surface area contributed by atoms with Gasteiger partial charge in [-0.1, -0.05) is 0 Å². The van der Waals surface area contributed by atoms with Gasteiger partial charge in [-0.2, -0.15) is 0 Å². The first-order valence-corrected chi connectivity index (χ1v) is 6.82. The number of carbonyl (C=O) groups excluding carboxylic acids is 1. The minimum atomic E-state index is -0.475. The number of ether oxygens (including phenoxy) is 6. The summed E-state index contributed by atoms with van der Waals surface area (Å²) in [6.07, 6.45) is 0. The SMILES string of the molecule is COC(=O)COCCOCCOCCOCCOCCF. The van der Waals surface area contributed by atoms with E-state index in [-0.39, 0.29) is 13.2 Å². The summed E-state index contributed by atoms with van der Waals surface area (Å²) in [5.41, 5.74) is 0. The maximum atomic E-state index is 11.7. The van der Waals surface area contributed by atoms with Gasteiger partial charge in [-0.25, -0.2) is 9.18 Å². The Balaban J connectivity index is 2.98. The third kappa shape index (κ3) is 17.1. The van der Waals surface area contributed by atoms with Crippen LogP contribution in [-0.2, 0) is 33.2 Å². The van der Waals surface area contributed by atoms with Gasteiger partial charge in [-0.15, -0.1) is 0 Å². The Morgan fingerprint density at radius 3 is 1.48 bits per heavy atom. The second kappa shape index (κ2) is 17.3. The molecule has 0 saturated carbocycles. The third-order valence-electron chi connectivity index (χ3n) is 2.16. The van der Waals surface area contributed by atoms with E-state index in [1.807, 2.05) is 0 Å². The van der Waals surface area contributed by atoms with Crippen LogP contribution < -0.4 is 0 Å². The van der Waals surface area contributed by atoms with Crippen LogP contribution in [0.4, 0.5) is 4.39 Å². The maximum Gasteiger partial charge on any atom is 0.331 e.